The quantitative estimate of drug-likeness (QED) is 0.673. The van der Waals surface area contributed by atoms with E-state index in [4.69, 9.17) is 4.42 Å². The minimum Gasteiger partial charge on any atom is -0.440 e. The Kier molecular flexibility index (Phi) is 4.93. The molecule has 8 heteroatoms. The van der Waals surface area contributed by atoms with E-state index >= 15 is 0 Å². The maximum Gasteiger partial charge on any atom is 0.267 e. The van der Waals surface area contributed by atoms with Crippen LogP contribution in [-0.4, -0.2) is 33.6 Å². The molecule has 146 valence electrons. The van der Waals surface area contributed by atoms with Gasteiger partial charge >= 0.3 is 0 Å². The van der Waals surface area contributed by atoms with Gasteiger partial charge in [0.2, 0.25) is 0 Å². The van der Waals surface area contributed by atoms with Crippen molar-refractivity contribution >= 4 is 22.7 Å². The average molecular weight is 384 g/mol. The molecule has 0 saturated carbocycles. The first-order valence-corrected chi connectivity index (χ1v) is 9.36. The van der Waals surface area contributed by atoms with E-state index in [0.29, 0.717) is 22.8 Å². The molecule has 0 bridgehead atoms. The van der Waals surface area contributed by atoms with Crippen molar-refractivity contribution < 1.29 is 13.6 Å². The van der Waals surface area contributed by atoms with Crippen LogP contribution < -0.4 is 10.5 Å². The second-order valence-electron chi connectivity index (χ2n) is 7.35. The molecule has 0 amide bonds. The molecule has 1 aliphatic rings. The smallest absolute Gasteiger partial charge is 0.267 e. The maximum atomic E-state index is 14.0. The fraction of sp³-hybridized carbons (Fsp3) is 0.400. The molecule has 0 aliphatic carbocycles. The molecule has 1 fully saturated rings. The molecule has 2 aromatic heterocycles. The van der Waals surface area contributed by atoms with Crippen LogP contribution in [0, 0.1) is 11.7 Å². The van der Waals surface area contributed by atoms with Crippen LogP contribution in [0.5, 0.6) is 0 Å². The number of halogens is 1. The molecular weight excluding hydrogens is 363 g/mol. The Hall–Kier alpha value is -3.03. The van der Waals surface area contributed by atoms with Gasteiger partial charge in [0, 0.05) is 25.6 Å². The van der Waals surface area contributed by atoms with Crippen molar-refractivity contribution in [1.82, 2.24) is 14.8 Å². The number of fused-ring (bicyclic) bond motifs is 1. The van der Waals surface area contributed by atoms with Crippen molar-refractivity contribution in [2.45, 2.75) is 32.7 Å². The molecule has 1 saturated heterocycles. The van der Waals surface area contributed by atoms with Gasteiger partial charge in [0.05, 0.1) is 0 Å². The molecule has 0 N–H and O–H groups in total. The first kappa shape index (κ1) is 18.3. The van der Waals surface area contributed by atoms with Gasteiger partial charge in [-0.1, -0.05) is 6.92 Å². The summed E-state index contributed by atoms with van der Waals surface area (Å²) < 4.78 is 20.1. The minimum atomic E-state index is -0.561. The molecule has 1 aromatic carbocycles. The normalized spacial score (nSPS) is 15.3. The Morgan fingerprint density at radius 3 is 2.86 bits per heavy atom. The topological polar surface area (TPSA) is 81.2 Å². The number of ketones is 1. The molecule has 0 unspecified atom stereocenters. The van der Waals surface area contributed by atoms with Crippen molar-refractivity contribution in [2.75, 3.05) is 18.0 Å². The third-order valence-electron chi connectivity index (χ3n) is 5.13. The van der Waals surface area contributed by atoms with Crippen molar-refractivity contribution in [1.29, 1.82) is 0 Å². The number of carbonyl (C=O) groups excluding carboxylic acids is 1. The number of aromatic nitrogens is 3. The van der Waals surface area contributed by atoms with Gasteiger partial charge in [0.25, 0.3) is 5.56 Å². The SMILES string of the molecule is CC1CCN(c2ccc(=O)n(CC(=O)Cc3cc(F)c4ocnc4c3)n2)CC1. The summed E-state index contributed by atoms with van der Waals surface area (Å²) in [4.78, 5) is 30.7. The first-order valence-electron chi connectivity index (χ1n) is 9.36. The Morgan fingerprint density at radius 2 is 2.07 bits per heavy atom. The number of carbonyl (C=O) groups is 1. The molecule has 7 nitrogen and oxygen atoms in total. The molecule has 3 aromatic rings. The van der Waals surface area contributed by atoms with Gasteiger partial charge in [-0.15, -0.1) is 0 Å². The van der Waals surface area contributed by atoms with Crippen molar-refractivity contribution in [3.63, 3.8) is 0 Å². The lowest BCUT2D eigenvalue weighted by atomic mass is 9.99. The van der Waals surface area contributed by atoms with E-state index in [-0.39, 0.29) is 29.9 Å². The van der Waals surface area contributed by atoms with Crippen molar-refractivity contribution in [2.24, 2.45) is 5.92 Å². The zero-order valence-corrected chi connectivity index (χ0v) is 15.6. The van der Waals surface area contributed by atoms with Gasteiger partial charge in [-0.25, -0.2) is 14.1 Å². The highest BCUT2D eigenvalue weighted by molar-refractivity contribution is 5.82. The summed E-state index contributed by atoms with van der Waals surface area (Å²) in [6.45, 7) is 3.84. The van der Waals surface area contributed by atoms with Crippen LogP contribution in [0.15, 0.2) is 39.9 Å². The van der Waals surface area contributed by atoms with Crippen LogP contribution in [0.4, 0.5) is 10.2 Å². The summed E-state index contributed by atoms with van der Waals surface area (Å²) in [6.07, 6.45) is 3.31. The van der Waals surface area contributed by atoms with E-state index in [1.165, 1.54) is 16.8 Å². The standard InChI is InChI=1S/C20H21FN4O3/c1-13-4-6-24(7-5-13)18-2-3-19(27)25(23-18)11-15(26)8-14-9-16(21)20-17(10-14)22-12-28-20/h2-3,9-10,12-13H,4-8,11H2,1H3. The second kappa shape index (κ2) is 7.53. The van der Waals surface area contributed by atoms with Crippen LogP contribution in [0.1, 0.15) is 25.3 Å². The van der Waals surface area contributed by atoms with Crippen LogP contribution in [0.25, 0.3) is 11.1 Å². The van der Waals surface area contributed by atoms with Crippen LogP contribution in [0.3, 0.4) is 0 Å². The summed E-state index contributed by atoms with van der Waals surface area (Å²) in [5.41, 5.74) is 0.579. The number of hydrogen-bond donors (Lipinski definition) is 0. The summed E-state index contributed by atoms with van der Waals surface area (Å²) in [5.74, 6) is 0.594. The predicted molar refractivity (Wildman–Crippen MR) is 102 cm³/mol. The molecule has 0 spiro atoms. The lowest BCUT2D eigenvalue weighted by Crippen LogP contribution is -2.36. The first-order chi connectivity index (χ1) is 13.5. The van der Waals surface area contributed by atoms with Gasteiger partial charge in [-0.05, 0) is 42.5 Å². The third-order valence-corrected chi connectivity index (χ3v) is 5.13. The van der Waals surface area contributed by atoms with Gasteiger partial charge in [0.15, 0.2) is 23.6 Å². The van der Waals surface area contributed by atoms with E-state index in [0.717, 1.165) is 32.3 Å². The summed E-state index contributed by atoms with van der Waals surface area (Å²) in [6, 6.07) is 6.01. The monoisotopic (exact) mass is 384 g/mol. The fourth-order valence-corrected chi connectivity index (χ4v) is 3.49. The molecule has 0 atom stereocenters. The van der Waals surface area contributed by atoms with Crippen LogP contribution in [-0.2, 0) is 17.8 Å². The number of anilines is 1. The highest BCUT2D eigenvalue weighted by atomic mass is 19.1. The summed E-state index contributed by atoms with van der Waals surface area (Å²) in [7, 11) is 0. The van der Waals surface area contributed by atoms with E-state index in [2.05, 4.69) is 21.9 Å². The number of hydrogen-bond acceptors (Lipinski definition) is 6. The largest absolute Gasteiger partial charge is 0.440 e. The lowest BCUT2D eigenvalue weighted by molar-refractivity contribution is -0.119. The number of rotatable bonds is 5. The highest BCUT2D eigenvalue weighted by Gasteiger charge is 2.18. The van der Waals surface area contributed by atoms with Crippen molar-refractivity contribution in [3.05, 3.63) is 52.4 Å². The van der Waals surface area contributed by atoms with E-state index in [1.807, 2.05) is 0 Å². The summed E-state index contributed by atoms with van der Waals surface area (Å²) in [5, 5.41) is 4.37. The number of benzene rings is 1. The lowest BCUT2D eigenvalue weighted by Gasteiger charge is -2.31. The Labute approximate surface area is 160 Å². The Balaban J connectivity index is 1.49. The number of oxazole rings is 1. The zero-order valence-electron chi connectivity index (χ0n) is 15.6. The minimum absolute atomic E-state index is 0.0146. The van der Waals surface area contributed by atoms with Gasteiger partial charge in [-0.3, -0.25) is 9.59 Å². The highest BCUT2D eigenvalue weighted by Crippen LogP contribution is 2.21. The zero-order chi connectivity index (χ0) is 19.7. The van der Waals surface area contributed by atoms with E-state index in [9.17, 15) is 14.0 Å². The third kappa shape index (κ3) is 3.81. The number of Topliss-reactive ketones (excluding diaryl/α,β-unsaturated/α-hetero) is 1. The Morgan fingerprint density at radius 1 is 1.29 bits per heavy atom. The van der Waals surface area contributed by atoms with Gasteiger partial charge < -0.3 is 9.32 Å². The second-order valence-corrected chi connectivity index (χ2v) is 7.35. The van der Waals surface area contributed by atoms with Gasteiger partial charge in [-0.2, -0.15) is 5.10 Å². The number of nitrogens with zero attached hydrogens (tertiary/aromatic N) is 4. The molecular formula is C20H21FN4O3. The van der Waals surface area contributed by atoms with Crippen molar-refractivity contribution in [3.8, 4) is 0 Å². The summed E-state index contributed by atoms with van der Waals surface area (Å²) >= 11 is 0. The van der Waals surface area contributed by atoms with Crippen LogP contribution >= 0.6 is 0 Å². The average Bonchev–Trinajstić information content (AvgIpc) is 3.13. The van der Waals surface area contributed by atoms with Crippen LogP contribution in [0.2, 0.25) is 0 Å². The molecule has 0 radical (unpaired) electrons. The fourth-order valence-electron chi connectivity index (χ4n) is 3.49. The van der Waals surface area contributed by atoms with E-state index in [1.54, 1.807) is 12.1 Å². The Bertz CT molecular complexity index is 1070. The number of piperidine rings is 1. The molecule has 28 heavy (non-hydrogen) atoms. The van der Waals surface area contributed by atoms with E-state index < -0.39 is 5.82 Å². The molecule has 4 rings (SSSR count). The predicted octanol–water partition coefficient (Wildman–Crippen LogP) is 2.57. The maximum absolute atomic E-state index is 14.0. The molecule has 1 aliphatic heterocycles. The van der Waals surface area contributed by atoms with Gasteiger partial charge in [0.1, 0.15) is 17.9 Å². The molecule has 3 heterocycles.